The van der Waals surface area contributed by atoms with Crippen LogP contribution in [-0.2, 0) is 10.0 Å². The van der Waals surface area contributed by atoms with E-state index in [2.05, 4.69) is 20.6 Å². The molecule has 1 aromatic heterocycles. The van der Waals surface area contributed by atoms with E-state index >= 15 is 0 Å². The summed E-state index contributed by atoms with van der Waals surface area (Å²) in [5.41, 5.74) is 1.63. The summed E-state index contributed by atoms with van der Waals surface area (Å²) in [5.74, 6) is -0.213. The van der Waals surface area contributed by atoms with E-state index < -0.39 is 10.0 Å². The van der Waals surface area contributed by atoms with Crippen molar-refractivity contribution in [2.75, 3.05) is 31.1 Å². The van der Waals surface area contributed by atoms with Crippen molar-refractivity contribution in [3.63, 3.8) is 0 Å². The van der Waals surface area contributed by atoms with E-state index in [1.54, 1.807) is 47.7 Å². The molecule has 170 valence electrons. The van der Waals surface area contributed by atoms with Crippen molar-refractivity contribution >= 4 is 27.0 Å². The number of thiophene rings is 1. The van der Waals surface area contributed by atoms with Gasteiger partial charge in [0, 0.05) is 37.1 Å². The van der Waals surface area contributed by atoms with E-state index in [0.717, 1.165) is 10.4 Å². The maximum atomic E-state index is 14.2. The van der Waals surface area contributed by atoms with Crippen molar-refractivity contribution in [2.45, 2.75) is 30.8 Å². The first-order chi connectivity index (χ1) is 15.3. The molecule has 1 aliphatic rings. The average molecular weight is 474 g/mol. The molecule has 0 unspecified atom stereocenters. The quantitative estimate of drug-likeness (QED) is 0.552. The van der Waals surface area contributed by atoms with Gasteiger partial charge in [0.05, 0.1) is 16.6 Å². The maximum absolute atomic E-state index is 14.2. The third-order valence-corrected chi connectivity index (χ3v) is 8.40. The minimum absolute atomic E-state index is 0.0991. The summed E-state index contributed by atoms with van der Waals surface area (Å²) in [4.78, 5) is 5.73. The molecule has 1 N–H and O–H groups in total. The second kappa shape index (κ2) is 9.70. The van der Waals surface area contributed by atoms with Gasteiger partial charge in [0.1, 0.15) is 5.82 Å². The standard InChI is InChI=1S/C24H28FN3O2S2/c1-18-9-11-20(12-10-18)32(29,30)26-19(2)24(23-8-5-17-31-23)28-15-13-27(14-16-28)22-7-4-3-6-21(22)25/h3-12,17,19,24,26H,13-16H2,1-2H3/t19-,24+/m0/s1. The van der Waals surface area contributed by atoms with Crippen LogP contribution in [0.4, 0.5) is 10.1 Å². The lowest BCUT2D eigenvalue weighted by atomic mass is 10.1. The number of nitrogens with zero attached hydrogens (tertiary/aromatic N) is 2. The fraction of sp³-hybridized carbons (Fsp3) is 0.333. The number of aryl methyl sites for hydroxylation is 1. The molecule has 5 nitrogen and oxygen atoms in total. The molecular weight excluding hydrogens is 445 g/mol. The predicted octanol–water partition coefficient (Wildman–Crippen LogP) is 4.43. The lowest BCUT2D eigenvalue weighted by Gasteiger charge is -2.42. The first-order valence-electron chi connectivity index (χ1n) is 10.7. The van der Waals surface area contributed by atoms with Crippen LogP contribution in [0.15, 0.2) is 70.9 Å². The van der Waals surface area contributed by atoms with Gasteiger partial charge in [-0.15, -0.1) is 11.3 Å². The highest BCUT2D eigenvalue weighted by molar-refractivity contribution is 7.89. The number of anilines is 1. The van der Waals surface area contributed by atoms with Crippen molar-refractivity contribution in [1.29, 1.82) is 0 Å². The van der Waals surface area contributed by atoms with Crippen LogP contribution in [0.1, 0.15) is 23.4 Å². The lowest BCUT2D eigenvalue weighted by Crippen LogP contribution is -2.52. The Morgan fingerprint density at radius 2 is 1.66 bits per heavy atom. The van der Waals surface area contributed by atoms with Gasteiger partial charge in [-0.3, -0.25) is 4.90 Å². The third-order valence-electron chi connectivity index (χ3n) is 5.88. The molecule has 8 heteroatoms. The number of benzene rings is 2. The van der Waals surface area contributed by atoms with Crippen LogP contribution in [0, 0.1) is 12.7 Å². The summed E-state index contributed by atoms with van der Waals surface area (Å²) in [5, 5.41) is 2.01. The number of halogens is 1. The highest BCUT2D eigenvalue weighted by Gasteiger charge is 2.32. The number of nitrogens with one attached hydrogen (secondary N) is 1. The number of hydrogen-bond acceptors (Lipinski definition) is 5. The third kappa shape index (κ3) is 5.04. The Bertz CT molecular complexity index is 1130. The van der Waals surface area contributed by atoms with Gasteiger partial charge >= 0.3 is 0 Å². The van der Waals surface area contributed by atoms with Gasteiger partial charge in [0.15, 0.2) is 0 Å². The summed E-state index contributed by atoms with van der Waals surface area (Å²) in [6, 6.07) is 17.3. The molecule has 0 amide bonds. The summed E-state index contributed by atoms with van der Waals surface area (Å²) in [7, 11) is -3.64. The smallest absolute Gasteiger partial charge is 0.240 e. The molecule has 2 atom stereocenters. The number of hydrogen-bond donors (Lipinski definition) is 1. The molecule has 0 bridgehead atoms. The molecule has 0 radical (unpaired) electrons. The second-order valence-electron chi connectivity index (χ2n) is 8.16. The van der Waals surface area contributed by atoms with E-state index in [-0.39, 0.29) is 22.8 Å². The minimum Gasteiger partial charge on any atom is -0.367 e. The average Bonchev–Trinajstić information content (AvgIpc) is 3.29. The Kier molecular flexibility index (Phi) is 6.95. The zero-order valence-electron chi connectivity index (χ0n) is 18.2. The Labute approximate surface area is 193 Å². The molecule has 2 aromatic carbocycles. The van der Waals surface area contributed by atoms with Crippen molar-refractivity contribution in [2.24, 2.45) is 0 Å². The first-order valence-corrected chi connectivity index (χ1v) is 13.1. The Balaban J connectivity index is 1.51. The van der Waals surface area contributed by atoms with Gasteiger partial charge in [-0.25, -0.2) is 17.5 Å². The normalized spacial score (nSPS) is 17.3. The highest BCUT2D eigenvalue weighted by Crippen LogP contribution is 2.31. The molecule has 0 spiro atoms. The summed E-state index contributed by atoms with van der Waals surface area (Å²) in [6.45, 7) is 6.64. The predicted molar refractivity (Wildman–Crippen MR) is 128 cm³/mol. The Hall–Kier alpha value is -2.26. The van der Waals surface area contributed by atoms with E-state index in [0.29, 0.717) is 31.9 Å². The van der Waals surface area contributed by atoms with Crippen molar-refractivity contribution in [3.8, 4) is 0 Å². The van der Waals surface area contributed by atoms with Gasteiger partial charge in [0.25, 0.3) is 0 Å². The van der Waals surface area contributed by atoms with Gasteiger partial charge < -0.3 is 4.90 Å². The number of piperazine rings is 1. The molecule has 3 aromatic rings. The van der Waals surface area contributed by atoms with E-state index in [1.165, 1.54) is 6.07 Å². The summed E-state index contributed by atoms with van der Waals surface area (Å²) < 4.78 is 43.1. The molecule has 4 rings (SSSR count). The first kappa shape index (κ1) is 22.9. The summed E-state index contributed by atoms with van der Waals surface area (Å²) >= 11 is 1.63. The Morgan fingerprint density at radius 3 is 2.28 bits per heavy atom. The van der Waals surface area contributed by atoms with Gasteiger partial charge in [-0.05, 0) is 49.6 Å². The fourth-order valence-corrected chi connectivity index (χ4v) is 6.46. The molecule has 1 saturated heterocycles. The molecule has 0 aliphatic carbocycles. The van der Waals surface area contributed by atoms with Gasteiger partial charge in [-0.2, -0.15) is 0 Å². The molecule has 1 fully saturated rings. The van der Waals surface area contributed by atoms with Crippen LogP contribution in [0.3, 0.4) is 0 Å². The molecular formula is C24H28FN3O2S2. The molecule has 1 aliphatic heterocycles. The van der Waals surface area contributed by atoms with Crippen LogP contribution < -0.4 is 9.62 Å². The van der Waals surface area contributed by atoms with Gasteiger partial charge in [0.2, 0.25) is 10.0 Å². The van der Waals surface area contributed by atoms with E-state index in [4.69, 9.17) is 0 Å². The number of sulfonamides is 1. The topological polar surface area (TPSA) is 52.7 Å². The SMILES string of the molecule is Cc1ccc(S(=O)(=O)N[C@@H](C)[C@H](c2cccs2)N2CCN(c3ccccc3F)CC2)cc1. The lowest BCUT2D eigenvalue weighted by molar-refractivity contribution is 0.163. The second-order valence-corrected chi connectivity index (χ2v) is 10.9. The van der Waals surface area contributed by atoms with E-state index in [9.17, 15) is 12.8 Å². The van der Waals surface area contributed by atoms with Crippen LogP contribution in [0.2, 0.25) is 0 Å². The van der Waals surface area contributed by atoms with Crippen molar-refractivity contribution < 1.29 is 12.8 Å². The number of para-hydroxylation sites is 1. The van der Waals surface area contributed by atoms with Crippen LogP contribution in [0.25, 0.3) is 0 Å². The molecule has 32 heavy (non-hydrogen) atoms. The molecule has 2 heterocycles. The zero-order valence-corrected chi connectivity index (χ0v) is 19.9. The summed E-state index contributed by atoms with van der Waals surface area (Å²) in [6.07, 6.45) is 0. The highest BCUT2D eigenvalue weighted by atomic mass is 32.2. The zero-order chi connectivity index (χ0) is 22.7. The van der Waals surface area contributed by atoms with Crippen LogP contribution in [-0.4, -0.2) is 45.5 Å². The fourth-order valence-electron chi connectivity index (χ4n) is 4.25. The maximum Gasteiger partial charge on any atom is 0.240 e. The largest absolute Gasteiger partial charge is 0.367 e. The molecule has 0 saturated carbocycles. The van der Waals surface area contributed by atoms with Crippen molar-refractivity contribution in [3.05, 3.63) is 82.3 Å². The van der Waals surface area contributed by atoms with Crippen molar-refractivity contribution in [1.82, 2.24) is 9.62 Å². The monoisotopic (exact) mass is 473 g/mol. The Morgan fingerprint density at radius 1 is 0.969 bits per heavy atom. The van der Waals surface area contributed by atoms with E-state index in [1.807, 2.05) is 31.4 Å². The van der Waals surface area contributed by atoms with Gasteiger partial charge in [-0.1, -0.05) is 35.9 Å². The minimum atomic E-state index is -3.64. The number of rotatable bonds is 7. The van der Waals surface area contributed by atoms with Crippen LogP contribution in [0.5, 0.6) is 0 Å². The van der Waals surface area contributed by atoms with Crippen LogP contribution >= 0.6 is 11.3 Å².